The molecule has 3 nitrogen and oxygen atoms in total. The van der Waals surface area contributed by atoms with Crippen LogP contribution in [-0.4, -0.2) is 16.8 Å². The Balaban J connectivity index is 1.81. The molecule has 7 heteroatoms. The van der Waals surface area contributed by atoms with E-state index in [0.29, 0.717) is 31.6 Å². The Kier molecular flexibility index (Phi) is 5.83. The molecule has 1 amide bonds. The number of hydrogen-bond acceptors (Lipinski definition) is 4. The third-order valence-electron chi connectivity index (χ3n) is 4.45. The smallest absolute Gasteiger partial charge is 0.270 e. The predicted octanol–water partition coefficient (Wildman–Crippen LogP) is 6.95. The summed E-state index contributed by atoms with van der Waals surface area (Å²) in [5.41, 5.74) is 1.37. The quantitative estimate of drug-likeness (QED) is 0.311. The van der Waals surface area contributed by atoms with Gasteiger partial charge in [0.05, 0.1) is 22.2 Å². The second-order valence-electron chi connectivity index (χ2n) is 6.24. The van der Waals surface area contributed by atoms with Crippen LogP contribution in [0, 0.1) is 0 Å². The third kappa shape index (κ3) is 3.88. The number of benzene rings is 3. The van der Waals surface area contributed by atoms with Crippen LogP contribution in [0.4, 0.5) is 5.69 Å². The van der Waals surface area contributed by atoms with Gasteiger partial charge < -0.3 is 4.74 Å². The lowest BCUT2D eigenvalue weighted by molar-refractivity contribution is -0.113. The highest BCUT2D eigenvalue weighted by molar-refractivity contribution is 8.27. The van der Waals surface area contributed by atoms with Crippen LogP contribution in [0.3, 0.4) is 0 Å². The number of hydrogen-bond donors (Lipinski definition) is 0. The number of amides is 1. The van der Waals surface area contributed by atoms with Gasteiger partial charge in [0.25, 0.3) is 5.91 Å². The SMILES string of the molecule is CCOc1ccc2ccccc2c1/C=C1\SC(=S)N(c2ccc(Cl)cc2Cl)C1=O. The van der Waals surface area contributed by atoms with E-state index in [0.717, 1.165) is 22.1 Å². The van der Waals surface area contributed by atoms with Crippen molar-refractivity contribution < 1.29 is 9.53 Å². The van der Waals surface area contributed by atoms with Crippen molar-refractivity contribution >= 4 is 79.9 Å². The predicted molar refractivity (Wildman–Crippen MR) is 127 cm³/mol. The van der Waals surface area contributed by atoms with Gasteiger partial charge in [-0.1, -0.05) is 77.5 Å². The number of ether oxygens (including phenoxy) is 1. The molecule has 1 fully saturated rings. The minimum absolute atomic E-state index is 0.223. The van der Waals surface area contributed by atoms with E-state index in [9.17, 15) is 4.79 Å². The molecular formula is C22H15Cl2NO2S2. The number of carbonyl (C=O) groups excluding carboxylic acids is 1. The van der Waals surface area contributed by atoms with Crippen LogP contribution >= 0.6 is 47.2 Å². The molecule has 3 aromatic carbocycles. The number of fused-ring (bicyclic) bond motifs is 1. The molecule has 29 heavy (non-hydrogen) atoms. The van der Waals surface area contributed by atoms with Gasteiger partial charge in [-0.3, -0.25) is 9.69 Å². The fraction of sp³-hybridized carbons (Fsp3) is 0.0909. The van der Waals surface area contributed by atoms with E-state index in [1.165, 1.54) is 16.7 Å². The first-order valence-corrected chi connectivity index (χ1v) is 10.8. The van der Waals surface area contributed by atoms with Crippen LogP contribution < -0.4 is 9.64 Å². The summed E-state index contributed by atoms with van der Waals surface area (Å²) in [6.45, 7) is 2.46. The highest BCUT2D eigenvalue weighted by atomic mass is 35.5. The summed E-state index contributed by atoms with van der Waals surface area (Å²) in [4.78, 5) is 15.1. The molecule has 0 aliphatic carbocycles. The van der Waals surface area contributed by atoms with E-state index in [4.69, 9.17) is 40.2 Å². The standard InChI is InChI=1S/C22H15Cl2NO2S2/c1-2-27-19-10-7-13-5-3-4-6-15(13)16(19)12-20-21(26)25(22(28)29-20)18-9-8-14(23)11-17(18)24/h3-12H,2H2,1H3/b20-12-. The lowest BCUT2D eigenvalue weighted by Gasteiger charge is -2.16. The molecular weight excluding hydrogens is 445 g/mol. The molecule has 3 aromatic rings. The minimum Gasteiger partial charge on any atom is -0.493 e. The highest BCUT2D eigenvalue weighted by Crippen LogP contribution is 2.41. The zero-order valence-electron chi connectivity index (χ0n) is 15.3. The van der Waals surface area contributed by atoms with Crippen LogP contribution in [0.15, 0.2) is 59.5 Å². The molecule has 1 aliphatic rings. The second kappa shape index (κ2) is 8.36. The molecule has 0 bridgehead atoms. The Labute approximate surface area is 188 Å². The third-order valence-corrected chi connectivity index (χ3v) is 6.29. The molecule has 0 unspecified atom stereocenters. The molecule has 4 rings (SSSR count). The van der Waals surface area contributed by atoms with Gasteiger partial charge in [-0.25, -0.2) is 0 Å². The van der Waals surface area contributed by atoms with Crippen molar-refractivity contribution in [3.05, 3.63) is 75.1 Å². The maximum atomic E-state index is 13.2. The summed E-state index contributed by atoms with van der Waals surface area (Å²) < 4.78 is 6.23. The average molecular weight is 460 g/mol. The van der Waals surface area contributed by atoms with Crippen molar-refractivity contribution in [3.63, 3.8) is 0 Å². The fourth-order valence-electron chi connectivity index (χ4n) is 3.17. The first kappa shape index (κ1) is 20.2. The van der Waals surface area contributed by atoms with Crippen molar-refractivity contribution in [2.24, 2.45) is 0 Å². The number of carbonyl (C=O) groups is 1. The van der Waals surface area contributed by atoms with Crippen LogP contribution in [0.5, 0.6) is 5.75 Å². The minimum atomic E-state index is -0.223. The average Bonchev–Trinajstić information content (AvgIpc) is 2.97. The number of thioether (sulfide) groups is 1. The monoisotopic (exact) mass is 459 g/mol. The zero-order chi connectivity index (χ0) is 20.5. The molecule has 0 aromatic heterocycles. The van der Waals surface area contributed by atoms with Crippen LogP contribution in [0.25, 0.3) is 16.8 Å². The van der Waals surface area contributed by atoms with Crippen LogP contribution in [0.2, 0.25) is 10.0 Å². The maximum absolute atomic E-state index is 13.2. The first-order chi connectivity index (χ1) is 14.0. The first-order valence-electron chi connectivity index (χ1n) is 8.87. The van der Waals surface area contributed by atoms with Gasteiger partial charge in [-0.05, 0) is 48.0 Å². The molecule has 0 atom stereocenters. The molecule has 1 heterocycles. The highest BCUT2D eigenvalue weighted by Gasteiger charge is 2.34. The van der Waals surface area contributed by atoms with E-state index < -0.39 is 0 Å². The topological polar surface area (TPSA) is 29.5 Å². The van der Waals surface area contributed by atoms with Crippen molar-refractivity contribution in [1.29, 1.82) is 0 Å². The lowest BCUT2D eigenvalue weighted by Crippen LogP contribution is -2.27. The zero-order valence-corrected chi connectivity index (χ0v) is 18.5. The molecule has 0 N–H and O–H groups in total. The van der Waals surface area contributed by atoms with Gasteiger partial charge in [-0.2, -0.15) is 0 Å². The lowest BCUT2D eigenvalue weighted by atomic mass is 10.0. The van der Waals surface area contributed by atoms with Gasteiger partial charge in [0, 0.05) is 10.6 Å². The van der Waals surface area contributed by atoms with E-state index in [1.807, 2.05) is 49.4 Å². The Morgan fingerprint density at radius 2 is 1.93 bits per heavy atom. The van der Waals surface area contributed by atoms with E-state index >= 15 is 0 Å². The summed E-state index contributed by atoms with van der Waals surface area (Å²) in [7, 11) is 0. The Morgan fingerprint density at radius 1 is 1.14 bits per heavy atom. The van der Waals surface area contributed by atoms with Crippen molar-refractivity contribution in [3.8, 4) is 5.75 Å². The molecule has 0 radical (unpaired) electrons. The van der Waals surface area contributed by atoms with Crippen molar-refractivity contribution in [2.75, 3.05) is 11.5 Å². The summed E-state index contributed by atoms with van der Waals surface area (Å²) in [5.74, 6) is 0.501. The molecule has 146 valence electrons. The Morgan fingerprint density at radius 3 is 2.69 bits per heavy atom. The van der Waals surface area contributed by atoms with Crippen LogP contribution in [-0.2, 0) is 4.79 Å². The molecule has 1 aliphatic heterocycles. The van der Waals surface area contributed by atoms with Gasteiger partial charge in [0.15, 0.2) is 4.32 Å². The van der Waals surface area contributed by atoms with Gasteiger partial charge >= 0.3 is 0 Å². The van der Waals surface area contributed by atoms with Gasteiger partial charge in [0.2, 0.25) is 0 Å². The Bertz CT molecular complexity index is 1180. The second-order valence-corrected chi connectivity index (χ2v) is 8.76. The number of anilines is 1. The normalized spacial score (nSPS) is 15.6. The summed E-state index contributed by atoms with van der Waals surface area (Å²) in [6.07, 6.45) is 1.84. The fourth-order valence-corrected chi connectivity index (χ4v) is 4.93. The van der Waals surface area contributed by atoms with Gasteiger partial charge in [-0.15, -0.1) is 0 Å². The van der Waals surface area contributed by atoms with Crippen LogP contribution in [0.1, 0.15) is 12.5 Å². The Hall–Kier alpha value is -2.05. The number of nitrogens with zero attached hydrogens (tertiary/aromatic N) is 1. The van der Waals surface area contributed by atoms with Crippen molar-refractivity contribution in [2.45, 2.75) is 6.92 Å². The van der Waals surface area contributed by atoms with Gasteiger partial charge in [0.1, 0.15) is 5.75 Å². The van der Waals surface area contributed by atoms with E-state index in [2.05, 4.69) is 0 Å². The summed E-state index contributed by atoms with van der Waals surface area (Å²) in [5, 5.41) is 2.94. The number of thiocarbonyl (C=S) groups is 1. The summed E-state index contributed by atoms with van der Waals surface area (Å²) >= 11 is 19.0. The van der Waals surface area contributed by atoms with Crippen molar-refractivity contribution in [1.82, 2.24) is 0 Å². The summed E-state index contributed by atoms with van der Waals surface area (Å²) in [6, 6.07) is 16.9. The molecule has 0 saturated carbocycles. The molecule has 1 saturated heterocycles. The molecule has 0 spiro atoms. The number of halogens is 2. The maximum Gasteiger partial charge on any atom is 0.270 e. The number of rotatable bonds is 4. The largest absolute Gasteiger partial charge is 0.493 e. The van der Waals surface area contributed by atoms with E-state index in [1.54, 1.807) is 18.2 Å². The van der Waals surface area contributed by atoms with E-state index in [-0.39, 0.29) is 5.91 Å².